The molecule has 0 fully saturated rings. The molecule has 1 aromatic heterocycles. The van der Waals surface area contributed by atoms with Gasteiger partial charge < -0.3 is 15.4 Å². The van der Waals surface area contributed by atoms with Crippen molar-refractivity contribution in [1.29, 1.82) is 0 Å². The number of carbonyl (C=O) groups is 2. The molecule has 0 atom stereocenters. The van der Waals surface area contributed by atoms with E-state index < -0.39 is 17.6 Å². The lowest BCUT2D eigenvalue weighted by Crippen LogP contribution is -2.48. The van der Waals surface area contributed by atoms with Crippen LogP contribution in [0.1, 0.15) is 35.3 Å². The number of rotatable bonds is 7. The summed E-state index contributed by atoms with van der Waals surface area (Å²) in [5.41, 5.74) is 0.303. The number of nitrogens with one attached hydrogen (secondary N) is 2. The lowest BCUT2D eigenvalue weighted by Gasteiger charge is -2.35. The van der Waals surface area contributed by atoms with Crippen molar-refractivity contribution in [2.45, 2.75) is 26.6 Å². The quantitative estimate of drug-likeness (QED) is 0.452. The maximum Gasteiger partial charge on any atom is 0.416 e. The van der Waals surface area contributed by atoms with Crippen molar-refractivity contribution in [3.63, 3.8) is 0 Å². The van der Waals surface area contributed by atoms with Gasteiger partial charge in [0.1, 0.15) is 11.6 Å². The first-order chi connectivity index (χ1) is 17.6. The highest BCUT2D eigenvalue weighted by atomic mass is 19.4. The number of aromatic nitrogens is 2. The lowest BCUT2D eigenvalue weighted by molar-refractivity contribution is -0.137. The number of urea groups is 1. The Bertz CT molecular complexity index is 1330. The van der Waals surface area contributed by atoms with Gasteiger partial charge in [-0.2, -0.15) is 18.2 Å². The summed E-state index contributed by atoms with van der Waals surface area (Å²) >= 11 is 0. The van der Waals surface area contributed by atoms with Crippen molar-refractivity contribution in [2.75, 3.05) is 40.6 Å². The second kappa shape index (κ2) is 10.3. The summed E-state index contributed by atoms with van der Waals surface area (Å²) in [4.78, 5) is 38.0. The number of ether oxygens (including phenoxy) is 1. The van der Waals surface area contributed by atoms with E-state index >= 15 is 0 Å². The van der Waals surface area contributed by atoms with Crippen LogP contribution in [0.4, 0.5) is 41.1 Å². The number of methoxy groups -OCH3 is 1. The van der Waals surface area contributed by atoms with Gasteiger partial charge in [0, 0.05) is 48.2 Å². The van der Waals surface area contributed by atoms with Crippen molar-refractivity contribution in [2.24, 2.45) is 0 Å². The smallest absolute Gasteiger partial charge is 0.416 e. The Hall–Kier alpha value is -4.35. The zero-order valence-electron chi connectivity index (χ0n) is 20.4. The van der Waals surface area contributed by atoms with Crippen LogP contribution in [0.2, 0.25) is 0 Å². The molecule has 0 spiro atoms. The van der Waals surface area contributed by atoms with E-state index in [1.165, 1.54) is 35.1 Å². The molecule has 0 saturated heterocycles. The first kappa shape index (κ1) is 25.7. The van der Waals surface area contributed by atoms with Crippen molar-refractivity contribution in [3.05, 3.63) is 65.4 Å². The van der Waals surface area contributed by atoms with Gasteiger partial charge in [0.05, 0.1) is 24.9 Å². The number of fused-ring (bicyclic) bond motifs is 1. The highest BCUT2D eigenvalue weighted by Crippen LogP contribution is 2.35. The maximum atomic E-state index is 13.4. The predicted molar refractivity (Wildman–Crippen MR) is 133 cm³/mol. The third-order valence-electron chi connectivity index (χ3n) is 5.69. The van der Waals surface area contributed by atoms with Crippen LogP contribution in [-0.4, -0.2) is 42.1 Å². The van der Waals surface area contributed by atoms with Crippen molar-refractivity contribution < 1.29 is 27.5 Å². The Morgan fingerprint density at radius 2 is 1.95 bits per heavy atom. The van der Waals surface area contributed by atoms with E-state index in [2.05, 4.69) is 20.6 Å². The zero-order valence-corrected chi connectivity index (χ0v) is 20.4. The molecule has 2 heterocycles. The number of alkyl halides is 3. The van der Waals surface area contributed by atoms with Gasteiger partial charge in [-0.05, 0) is 38.1 Å². The van der Waals surface area contributed by atoms with E-state index in [1.54, 1.807) is 18.3 Å². The number of carbonyl (C=O) groups excluding carboxylic acids is 2. The average Bonchev–Trinajstić information content (AvgIpc) is 2.88. The van der Waals surface area contributed by atoms with E-state index in [0.29, 0.717) is 36.3 Å². The summed E-state index contributed by atoms with van der Waals surface area (Å²) in [5.74, 6) is 0.537. The molecule has 1 aliphatic rings. The molecule has 12 heteroatoms. The largest absolute Gasteiger partial charge is 0.497 e. The molecule has 194 valence electrons. The number of amides is 3. The molecule has 3 amide bonds. The summed E-state index contributed by atoms with van der Waals surface area (Å²) < 4.78 is 44.6. The molecule has 3 aromatic rings. The van der Waals surface area contributed by atoms with Crippen LogP contribution < -0.4 is 25.2 Å². The molecular weight excluding hydrogens is 489 g/mol. The Kier molecular flexibility index (Phi) is 7.18. The van der Waals surface area contributed by atoms with E-state index in [1.807, 2.05) is 13.8 Å². The van der Waals surface area contributed by atoms with Gasteiger partial charge in [-0.3, -0.25) is 14.6 Å². The van der Waals surface area contributed by atoms with Crippen molar-refractivity contribution in [1.82, 2.24) is 9.97 Å². The molecule has 0 bridgehead atoms. The Morgan fingerprint density at radius 1 is 1.16 bits per heavy atom. The predicted octanol–water partition coefficient (Wildman–Crippen LogP) is 5.15. The first-order valence-electron chi connectivity index (χ1n) is 11.5. The molecule has 37 heavy (non-hydrogen) atoms. The number of nitrogens with zero attached hydrogens (tertiary/aromatic N) is 4. The second-order valence-electron chi connectivity index (χ2n) is 8.14. The summed E-state index contributed by atoms with van der Waals surface area (Å²) in [6.07, 6.45) is -2.93. The topological polar surface area (TPSA) is 99.7 Å². The number of hydrogen-bond acceptors (Lipinski definition) is 6. The van der Waals surface area contributed by atoms with Crippen LogP contribution in [-0.2, 0) is 12.7 Å². The fraction of sp³-hybridized carbons (Fsp3) is 0.280. The summed E-state index contributed by atoms with van der Waals surface area (Å²) in [5, 5.41) is 5.63. The third kappa shape index (κ3) is 5.42. The van der Waals surface area contributed by atoms with Crippen molar-refractivity contribution in [3.8, 4) is 5.75 Å². The van der Waals surface area contributed by atoms with Crippen LogP contribution in [0, 0.1) is 0 Å². The molecule has 9 nitrogen and oxygen atoms in total. The monoisotopic (exact) mass is 514 g/mol. The van der Waals surface area contributed by atoms with Crippen LogP contribution in [0.3, 0.4) is 0 Å². The molecular formula is C25H25F3N6O3. The minimum atomic E-state index is -4.58. The molecule has 0 radical (unpaired) electrons. The molecule has 2 N–H and O–H groups in total. The van der Waals surface area contributed by atoms with E-state index in [4.69, 9.17) is 4.74 Å². The normalized spacial score (nSPS) is 13.3. The summed E-state index contributed by atoms with van der Waals surface area (Å²) in [6, 6.07) is 8.50. The van der Waals surface area contributed by atoms with Crippen LogP contribution in [0.5, 0.6) is 5.75 Å². The summed E-state index contributed by atoms with van der Waals surface area (Å²) in [7, 11) is 1.43. The van der Waals surface area contributed by atoms with Gasteiger partial charge in [0.25, 0.3) is 5.91 Å². The highest BCUT2D eigenvalue weighted by molar-refractivity contribution is 6.07. The van der Waals surface area contributed by atoms with Crippen LogP contribution >= 0.6 is 0 Å². The van der Waals surface area contributed by atoms with E-state index in [0.717, 1.165) is 17.7 Å². The number of halogens is 3. The molecule has 0 unspecified atom stereocenters. The molecule has 0 saturated carbocycles. The fourth-order valence-corrected chi connectivity index (χ4v) is 3.92. The zero-order chi connectivity index (χ0) is 26.7. The summed E-state index contributed by atoms with van der Waals surface area (Å²) in [6.45, 7) is 4.90. The van der Waals surface area contributed by atoms with Gasteiger partial charge in [-0.25, -0.2) is 9.78 Å². The number of hydrogen-bond donors (Lipinski definition) is 2. The minimum Gasteiger partial charge on any atom is -0.497 e. The highest BCUT2D eigenvalue weighted by Gasteiger charge is 2.33. The molecule has 0 aliphatic carbocycles. The van der Waals surface area contributed by atoms with Crippen LogP contribution in [0.15, 0.2) is 48.7 Å². The minimum absolute atomic E-state index is 0.159. The Morgan fingerprint density at radius 3 is 2.62 bits per heavy atom. The van der Waals surface area contributed by atoms with Gasteiger partial charge >= 0.3 is 12.2 Å². The SMILES string of the molecule is CCNc1ncc2c(n1)N(CC)C(=O)N(c1cc(NC(=O)c3cccc(C(F)(F)F)c3)cc(OC)c1)C2. The Labute approximate surface area is 211 Å². The standard InChI is InChI=1S/C25H25F3N6O3/c1-4-29-23-30-13-16-14-34(24(36)33(5-2)21(16)32-23)19-10-18(11-20(12-19)37-3)31-22(35)15-7-6-8-17(9-15)25(26,27)28/h6-13H,4-5,14H2,1-3H3,(H,31,35)(H,29,30,32). The van der Waals surface area contributed by atoms with Crippen molar-refractivity contribution >= 4 is 35.1 Å². The van der Waals surface area contributed by atoms with E-state index in [-0.39, 0.29) is 23.8 Å². The third-order valence-corrected chi connectivity index (χ3v) is 5.69. The Balaban J connectivity index is 1.65. The number of anilines is 4. The average molecular weight is 515 g/mol. The van der Waals surface area contributed by atoms with Gasteiger partial charge in [-0.15, -0.1) is 0 Å². The van der Waals surface area contributed by atoms with Gasteiger partial charge in [0.15, 0.2) is 0 Å². The van der Waals surface area contributed by atoms with Crippen LogP contribution in [0.25, 0.3) is 0 Å². The lowest BCUT2D eigenvalue weighted by atomic mass is 10.1. The molecule has 4 rings (SSSR count). The van der Waals surface area contributed by atoms with Gasteiger partial charge in [0.2, 0.25) is 5.95 Å². The van der Waals surface area contributed by atoms with E-state index in [9.17, 15) is 22.8 Å². The first-order valence-corrected chi connectivity index (χ1v) is 11.5. The fourth-order valence-electron chi connectivity index (χ4n) is 3.92. The molecule has 2 aromatic carbocycles. The van der Waals surface area contributed by atoms with Gasteiger partial charge in [-0.1, -0.05) is 6.07 Å². The number of benzene rings is 2. The second-order valence-corrected chi connectivity index (χ2v) is 8.14. The molecule has 1 aliphatic heterocycles. The maximum absolute atomic E-state index is 13.4.